The molecule has 2 rings (SSSR count). The average Bonchev–Trinajstić information content (AvgIpc) is 2.67. The number of ether oxygens (including phenoxy) is 2. The minimum atomic E-state index is -0.442. The van der Waals surface area contributed by atoms with Gasteiger partial charge >= 0.3 is 0 Å². The van der Waals surface area contributed by atoms with Crippen molar-refractivity contribution in [1.29, 1.82) is 0 Å². The summed E-state index contributed by atoms with van der Waals surface area (Å²) in [4.78, 5) is 22.1. The van der Waals surface area contributed by atoms with Crippen molar-refractivity contribution in [3.8, 4) is 11.5 Å². The number of carbonyl (C=O) groups is 1. The molecule has 0 saturated carbocycles. The number of benzene rings is 2. The molecule has 2 aromatic rings. The van der Waals surface area contributed by atoms with E-state index in [0.29, 0.717) is 24.5 Å². The summed E-state index contributed by atoms with van der Waals surface area (Å²) < 4.78 is 10.8. The van der Waals surface area contributed by atoms with Crippen molar-refractivity contribution in [3.05, 3.63) is 69.8 Å². The van der Waals surface area contributed by atoms with E-state index in [2.05, 4.69) is 5.32 Å². The Balaban J connectivity index is 1.80. The summed E-state index contributed by atoms with van der Waals surface area (Å²) in [6.45, 7) is 2.22. The highest BCUT2D eigenvalue weighted by Crippen LogP contribution is 2.28. The predicted molar refractivity (Wildman–Crippen MR) is 103 cm³/mol. The third kappa shape index (κ3) is 6.14. The van der Waals surface area contributed by atoms with Gasteiger partial charge in [0.2, 0.25) is 0 Å². The van der Waals surface area contributed by atoms with Crippen molar-refractivity contribution >= 4 is 17.7 Å². The smallest absolute Gasteiger partial charge is 0.269 e. The Morgan fingerprint density at radius 2 is 1.93 bits per heavy atom. The van der Waals surface area contributed by atoms with Crippen LogP contribution >= 0.6 is 0 Å². The van der Waals surface area contributed by atoms with Gasteiger partial charge in [0.15, 0.2) is 18.1 Å². The van der Waals surface area contributed by atoms with Gasteiger partial charge in [-0.05, 0) is 36.6 Å². The molecule has 0 heterocycles. The van der Waals surface area contributed by atoms with Crippen LogP contribution in [0.3, 0.4) is 0 Å². The number of rotatable bonds is 9. The van der Waals surface area contributed by atoms with E-state index in [-0.39, 0.29) is 18.2 Å². The van der Waals surface area contributed by atoms with Gasteiger partial charge in [0.25, 0.3) is 11.6 Å². The highest BCUT2D eigenvalue weighted by atomic mass is 16.6. The van der Waals surface area contributed by atoms with Crippen molar-refractivity contribution in [2.75, 3.05) is 20.3 Å². The number of nitro benzene ring substituents is 1. The van der Waals surface area contributed by atoms with Crippen LogP contribution in [0, 0.1) is 10.1 Å². The average molecular weight is 370 g/mol. The maximum atomic E-state index is 11.9. The molecule has 142 valence electrons. The lowest BCUT2D eigenvalue weighted by Crippen LogP contribution is -2.30. The molecule has 0 aromatic heterocycles. The molecule has 0 radical (unpaired) electrons. The van der Waals surface area contributed by atoms with Crippen molar-refractivity contribution in [2.24, 2.45) is 0 Å². The number of amides is 1. The van der Waals surface area contributed by atoms with Crippen molar-refractivity contribution in [1.82, 2.24) is 5.32 Å². The molecule has 0 aliphatic rings. The first-order chi connectivity index (χ1) is 13.0. The number of hydrogen-bond acceptors (Lipinski definition) is 5. The lowest BCUT2D eigenvalue weighted by molar-refractivity contribution is -0.384. The van der Waals surface area contributed by atoms with E-state index >= 15 is 0 Å². The highest BCUT2D eigenvalue weighted by Gasteiger charge is 2.08. The summed E-state index contributed by atoms with van der Waals surface area (Å²) in [5.74, 6) is 0.803. The van der Waals surface area contributed by atoms with Gasteiger partial charge in [-0.1, -0.05) is 30.4 Å². The Morgan fingerprint density at radius 3 is 2.56 bits per heavy atom. The second-order valence-corrected chi connectivity index (χ2v) is 5.72. The largest absolute Gasteiger partial charge is 0.493 e. The number of nitro groups is 1. The first-order valence-corrected chi connectivity index (χ1v) is 8.47. The van der Waals surface area contributed by atoms with E-state index in [9.17, 15) is 14.9 Å². The summed E-state index contributed by atoms with van der Waals surface area (Å²) in [6.07, 6.45) is 4.44. The van der Waals surface area contributed by atoms with Crippen LogP contribution < -0.4 is 14.8 Å². The van der Waals surface area contributed by atoms with Crippen molar-refractivity contribution < 1.29 is 19.2 Å². The molecule has 0 spiro atoms. The third-order valence-corrected chi connectivity index (χ3v) is 3.79. The monoisotopic (exact) mass is 370 g/mol. The Bertz CT molecular complexity index is 816. The van der Waals surface area contributed by atoms with E-state index in [1.54, 1.807) is 25.3 Å². The molecule has 0 atom stereocenters. The molecule has 2 aromatic carbocycles. The van der Waals surface area contributed by atoms with Gasteiger partial charge in [0, 0.05) is 18.7 Å². The lowest BCUT2D eigenvalue weighted by atomic mass is 10.1. The second kappa shape index (κ2) is 9.96. The number of non-ortho nitro benzene ring substituents is 1. The van der Waals surface area contributed by atoms with Gasteiger partial charge in [-0.15, -0.1) is 0 Å². The van der Waals surface area contributed by atoms with Crippen LogP contribution in [0.5, 0.6) is 11.5 Å². The van der Waals surface area contributed by atoms with Crippen molar-refractivity contribution in [3.63, 3.8) is 0 Å². The zero-order valence-corrected chi connectivity index (χ0v) is 15.3. The van der Waals surface area contributed by atoms with Crippen LogP contribution in [0.1, 0.15) is 18.1 Å². The van der Waals surface area contributed by atoms with E-state index in [0.717, 1.165) is 11.1 Å². The van der Waals surface area contributed by atoms with Gasteiger partial charge in [-0.25, -0.2) is 0 Å². The fraction of sp³-hybridized carbons (Fsp3) is 0.250. The number of carbonyl (C=O) groups excluding carboxylic acids is 1. The first-order valence-electron chi connectivity index (χ1n) is 8.47. The minimum absolute atomic E-state index is 0.0468. The summed E-state index contributed by atoms with van der Waals surface area (Å²) in [5, 5.41) is 13.4. The fourth-order valence-electron chi connectivity index (χ4n) is 2.42. The molecule has 1 amide bonds. The number of methoxy groups -OCH3 is 1. The maximum absolute atomic E-state index is 11.9. The number of allylic oxidation sites excluding steroid dienone is 1. The highest BCUT2D eigenvalue weighted by molar-refractivity contribution is 5.77. The first kappa shape index (κ1) is 20.0. The normalized spacial score (nSPS) is 10.6. The molecule has 0 fully saturated rings. The molecule has 0 aliphatic carbocycles. The molecule has 7 nitrogen and oxygen atoms in total. The Kier molecular flexibility index (Phi) is 7.37. The Labute approximate surface area is 157 Å². The Morgan fingerprint density at radius 1 is 1.19 bits per heavy atom. The summed E-state index contributed by atoms with van der Waals surface area (Å²) in [5.41, 5.74) is 1.93. The van der Waals surface area contributed by atoms with E-state index in [1.807, 2.05) is 31.2 Å². The van der Waals surface area contributed by atoms with E-state index in [1.165, 1.54) is 12.1 Å². The summed E-state index contributed by atoms with van der Waals surface area (Å²) in [6, 6.07) is 11.7. The second-order valence-electron chi connectivity index (χ2n) is 5.72. The van der Waals surface area contributed by atoms with E-state index in [4.69, 9.17) is 9.47 Å². The molecule has 0 saturated heterocycles. The molecule has 27 heavy (non-hydrogen) atoms. The molecule has 1 N–H and O–H groups in total. The number of hydrogen-bond donors (Lipinski definition) is 1. The number of nitrogens with zero attached hydrogens (tertiary/aromatic N) is 1. The molecular formula is C20H22N2O5. The van der Waals surface area contributed by atoms with Gasteiger partial charge in [-0.2, -0.15) is 0 Å². The summed E-state index contributed by atoms with van der Waals surface area (Å²) in [7, 11) is 1.55. The minimum Gasteiger partial charge on any atom is -0.493 e. The quantitative estimate of drug-likeness (QED) is 0.540. The van der Waals surface area contributed by atoms with Gasteiger partial charge < -0.3 is 14.8 Å². The zero-order valence-electron chi connectivity index (χ0n) is 15.3. The SMILES string of the molecule is C/C=C/c1ccc(OCC(=O)NCCc2ccc([N+](=O)[O-])cc2)c(OC)c1. The topological polar surface area (TPSA) is 90.7 Å². The molecule has 0 aliphatic heterocycles. The van der Waals surface area contributed by atoms with E-state index < -0.39 is 4.92 Å². The summed E-state index contributed by atoms with van der Waals surface area (Å²) >= 11 is 0. The van der Waals surface area contributed by atoms with Crippen LogP contribution in [0.25, 0.3) is 6.08 Å². The molecule has 0 bridgehead atoms. The van der Waals surface area contributed by atoms with Crippen LogP contribution in [-0.2, 0) is 11.2 Å². The van der Waals surface area contributed by atoms with Crippen LogP contribution in [0.2, 0.25) is 0 Å². The number of nitrogens with one attached hydrogen (secondary N) is 1. The predicted octanol–water partition coefficient (Wildman–Crippen LogP) is 3.37. The fourth-order valence-corrected chi connectivity index (χ4v) is 2.42. The van der Waals surface area contributed by atoms with Gasteiger partial charge in [0.05, 0.1) is 12.0 Å². The molecule has 7 heteroatoms. The standard InChI is InChI=1S/C20H22N2O5/c1-3-4-16-7-10-18(19(13-16)26-2)27-14-20(23)21-12-11-15-5-8-17(9-6-15)22(24)25/h3-10,13H,11-12,14H2,1-2H3,(H,21,23)/b4-3+. The molecular weight excluding hydrogens is 348 g/mol. The Hall–Kier alpha value is -3.35. The zero-order chi connectivity index (χ0) is 19.6. The maximum Gasteiger partial charge on any atom is 0.269 e. The van der Waals surface area contributed by atoms with Crippen LogP contribution in [-0.4, -0.2) is 31.1 Å². The van der Waals surface area contributed by atoms with Crippen LogP contribution in [0.15, 0.2) is 48.5 Å². The van der Waals surface area contributed by atoms with Gasteiger partial charge in [0.1, 0.15) is 0 Å². The lowest BCUT2D eigenvalue weighted by Gasteiger charge is -2.11. The van der Waals surface area contributed by atoms with Crippen LogP contribution in [0.4, 0.5) is 5.69 Å². The molecule has 0 unspecified atom stereocenters. The van der Waals surface area contributed by atoms with Crippen molar-refractivity contribution in [2.45, 2.75) is 13.3 Å². The van der Waals surface area contributed by atoms with Gasteiger partial charge in [-0.3, -0.25) is 14.9 Å². The third-order valence-electron chi connectivity index (χ3n) is 3.79.